The summed E-state index contributed by atoms with van der Waals surface area (Å²) >= 11 is 1.42. The summed E-state index contributed by atoms with van der Waals surface area (Å²) in [6.45, 7) is 5.49. The van der Waals surface area contributed by atoms with Crippen LogP contribution in [-0.4, -0.2) is 47.9 Å². The highest BCUT2D eigenvalue weighted by Gasteiger charge is 2.20. The SMILES string of the molecule is CC(C)COCCSCC(NC(=O)OCc1ccccc1)C(=O)O. The van der Waals surface area contributed by atoms with E-state index in [1.807, 2.05) is 30.3 Å². The normalized spacial score (nSPS) is 12.0. The fourth-order valence-electron chi connectivity index (χ4n) is 1.72. The third-order valence-electron chi connectivity index (χ3n) is 2.91. The molecule has 24 heavy (non-hydrogen) atoms. The Morgan fingerprint density at radius 1 is 1.25 bits per heavy atom. The average Bonchev–Trinajstić information content (AvgIpc) is 2.55. The molecule has 1 unspecified atom stereocenters. The lowest BCUT2D eigenvalue weighted by Crippen LogP contribution is -2.42. The van der Waals surface area contributed by atoms with Gasteiger partial charge in [-0.3, -0.25) is 0 Å². The van der Waals surface area contributed by atoms with Gasteiger partial charge in [0.25, 0.3) is 0 Å². The molecule has 0 aromatic heterocycles. The van der Waals surface area contributed by atoms with Crippen molar-refractivity contribution in [1.82, 2.24) is 5.32 Å². The molecule has 0 aliphatic heterocycles. The zero-order valence-electron chi connectivity index (χ0n) is 14.1. The van der Waals surface area contributed by atoms with Crippen LogP contribution in [0.4, 0.5) is 4.79 Å². The Balaban J connectivity index is 2.24. The third-order valence-corrected chi connectivity index (χ3v) is 3.94. The molecule has 0 saturated carbocycles. The van der Waals surface area contributed by atoms with Crippen LogP contribution in [-0.2, 0) is 20.9 Å². The highest BCUT2D eigenvalue weighted by atomic mass is 32.2. The maximum atomic E-state index is 11.7. The number of nitrogens with one attached hydrogen (secondary N) is 1. The number of alkyl carbamates (subject to hydrolysis) is 1. The monoisotopic (exact) mass is 355 g/mol. The molecule has 1 aromatic rings. The Hall–Kier alpha value is -1.73. The van der Waals surface area contributed by atoms with Gasteiger partial charge < -0.3 is 19.9 Å². The number of aliphatic carboxylic acids is 1. The van der Waals surface area contributed by atoms with Crippen molar-refractivity contribution in [3.63, 3.8) is 0 Å². The Labute approximate surface area is 146 Å². The molecule has 7 heteroatoms. The summed E-state index contributed by atoms with van der Waals surface area (Å²) in [6.07, 6.45) is -0.733. The van der Waals surface area contributed by atoms with Crippen LogP contribution in [0.1, 0.15) is 19.4 Å². The van der Waals surface area contributed by atoms with Crippen LogP contribution in [0.5, 0.6) is 0 Å². The first-order chi connectivity index (χ1) is 11.5. The molecule has 0 aliphatic carbocycles. The van der Waals surface area contributed by atoms with Crippen molar-refractivity contribution in [1.29, 1.82) is 0 Å². The van der Waals surface area contributed by atoms with Crippen molar-refractivity contribution in [3.05, 3.63) is 35.9 Å². The van der Waals surface area contributed by atoms with E-state index in [4.69, 9.17) is 14.6 Å². The van der Waals surface area contributed by atoms with Crippen LogP contribution < -0.4 is 5.32 Å². The van der Waals surface area contributed by atoms with Gasteiger partial charge in [0.15, 0.2) is 0 Å². The van der Waals surface area contributed by atoms with Crippen molar-refractivity contribution in [2.24, 2.45) is 5.92 Å². The first-order valence-corrected chi connectivity index (χ1v) is 9.00. The molecule has 0 heterocycles. The number of benzene rings is 1. The first-order valence-electron chi connectivity index (χ1n) is 7.84. The summed E-state index contributed by atoms with van der Waals surface area (Å²) in [5, 5.41) is 11.5. The van der Waals surface area contributed by atoms with Gasteiger partial charge in [-0.1, -0.05) is 44.2 Å². The van der Waals surface area contributed by atoms with E-state index in [9.17, 15) is 9.59 Å². The van der Waals surface area contributed by atoms with E-state index in [0.29, 0.717) is 24.9 Å². The van der Waals surface area contributed by atoms with Gasteiger partial charge in [-0.05, 0) is 11.5 Å². The largest absolute Gasteiger partial charge is 0.480 e. The van der Waals surface area contributed by atoms with E-state index in [1.165, 1.54) is 11.8 Å². The van der Waals surface area contributed by atoms with Crippen LogP contribution >= 0.6 is 11.8 Å². The van der Waals surface area contributed by atoms with E-state index in [1.54, 1.807) is 0 Å². The van der Waals surface area contributed by atoms with Gasteiger partial charge in [0.2, 0.25) is 0 Å². The lowest BCUT2D eigenvalue weighted by Gasteiger charge is -2.14. The highest BCUT2D eigenvalue weighted by molar-refractivity contribution is 7.99. The molecule has 0 radical (unpaired) electrons. The molecule has 0 spiro atoms. The van der Waals surface area contributed by atoms with Crippen molar-refractivity contribution < 1.29 is 24.2 Å². The molecule has 0 fully saturated rings. The summed E-state index contributed by atoms with van der Waals surface area (Å²) < 4.78 is 10.5. The van der Waals surface area contributed by atoms with Crippen LogP contribution in [0.25, 0.3) is 0 Å². The van der Waals surface area contributed by atoms with Crippen molar-refractivity contribution in [2.75, 3.05) is 24.7 Å². The maximum Gasteiger partial charge on any atom is 0.408 e. The Morgan fingerprint density at radius 2 is 1.96 bits per heavy atom. The van der Waals surface area contributed by atoms with Gasteiger partial charge >= 0.3 is 12.1 Å². The van der Waals surface area contributed by atoms with E-state index < -0.39 is 18.1 Å². The molecule has 1 rings (SSSR count). The lowest BCUT2D eigenvalue weighted by atomic mass is 10.2. The zero-order valence-corrected chi connectivity index (χ0v) is 14.9. The van der Waals surface area contributed by atoms with E-state index >= 15 is 0 Å². The van der Waals surface area contributed by atoms with E-state index in [-0.39, 0.29) is 12.4 Å². The minimum atomic E-state index is -1.08. The number of rotatable bonds is 11. The summed E-state index contributed by atoms with van der Waals surface area (Å²) in [7, 11) is 0. The number of thioether (sulfide) groups is 1. The molecule has 6 nitrogen and oxygen atoms in total. The van der Waals surface area contributed by atoms with Gasteiger partial charge in [-0.15, -0.1) is 0 Å². The smallest absolute Gasteiger partial charge is 0.408 e. The quantitative estimate of drug-likeness (QED) is 0.594. The summed E-state index contributed by atoms with van der Waals surface area (Å²) in [4.78, 5) is 22.9. The molecule has 1 aromatic carbocycles. The second kappa shape index (κ2) is 11.8. The third kappa shape index (κ3) is 9.42. The average molecular weight is 355 g/mol. The number of amides is 1. The maximum absolute atomic E-state index is 11.7. The molecule has 0 aliphatic rings. The number of carbonyl (C=O) groups excluding carboxylic acids is 1. The van der Waals surface area contributed by atoms with Gasteiger partial charge in [0.1, 0.15) is 12.6 Å². The van der Waals surface area contributed by atoms with Crippen molar-refractivity contribution >= 4 is 23.8 Å². The molecule has 0 bridgehead atoms. The highest BCUT2D eigenvalue weighted by Crippen LogP contribution is 2.06. The van der Waals surface area contributed by atoms with Gasteiger partial charge in [-0.25, -0.2) is 9.59 Å². The standard InChI is InChI=1S/C17H25NO5S/c1-13(2)10-22-8-9-24-12-15(16(19)20)18-17(21)23-11-14-6-4-3-5-7-14/h3-7,13,15H,8-12H2,1-2H3,(H,18,21)(H,19,20). The molecule has 0 saturated heterocycles. The summed E-state index contributed by atoms with van der Waals surface area (Å²) in [5.74, 6) is 0.336. The Morgan fingerprint density at radius 3 is 2.58 bits per heavy atom. The Bertz CT molecular complexity index is 495. The first kappa shape index (κ1) is 20.3. The number of hydrogen-bond acceptors (Lipinski definition) is 5. The van der Waals surface area contributed by atoms with Gasteiger partial charge in [0, 0.05) is 18.1 Å². The minimum absolute atomic E-state index is 0.106. The van der Waals surface area contributed by atoms with Crippen LogP contribution in [0.3, 0.4) is 0 Å². The fraction of sp³-hybridized carbons (Fsp3) is 0.529. The Kier molecular flexibility index (Phi) is 9.95. The fourth-order valence-corrected chi connectivity index (χ4v) is 2.58. The second-order valence-electron chi connectivity index (χ2n) is 5.64. The number of carboxylic acid groups (broad SMARTS) is 1. The van der Waals surface area contributed by atoms with E-state index in [2.05, 4.69) is 19.2 Å². The van der Waals surface area contributed by atoms with E-state index in [0.717, 1.165) is 5.56 Å². The topological polar surface area (TPSA) is 84.9 Å². The summed E-state index contributed by atoms with van der Waals surface area (Å²) in [6, 6.07) is 8.22. The van der Waals surface area contributed by atoms with Crippen LogP contribution in [0.2, 0.25) is 0 Å². The van der Waals surface area contributed by atoms with Crippen molar-refractivity contribution in [2.45, 2.75) is 26.5 Å². The molecular formula is C17H25NO5S. The number of carbonyl (C=O) groups is 2. The van der Waals surface area contributed by atoms with Crippen LogP contribution in [0, 0.1) is 5.92 Å². The van der Waals surface area contributed by atoms with Gasteiger partial charge in [-0.2, -0.15) is 11.8 Å². The zero-order chi connectivity index (χ0) is 17.8. The predicted molar refractivity (Wildman–Crippen MR) is 94.2 cm³/mol. The van der Waals surface area contributed by atoms with Crippen LogP contribution in [0.15, 0.2) is 30.3 Å². The molecule has 134 valence electrons. The number of ether oxygens (including phenoxy) is 2. The number of carboxylic acids is 1. The predicted octanol–water partition coefficient (Wildman–Crippen LogP) is 2.77. The van der Waals surface area contributed by atoms with Crippen molar-refractivity contribution in [3.8, 4) is 0 Å². The molecule has 2 N–H and O–H groups in total. The second-order valence-corrected chi connectivity index (χ2v) is 6.79. The lowest BCUT2D eigenvalue weighted by molar-refractivity contribution is -0.138. The molecular weight excluding hydrogens is 330 g/mol. The summed E-state index contributed by atoms with van der Waals surface area (Å²) in [5.41, 5.74) is 0.844. The molecule has 1 atom stereocenters. The number of hydrogen-bond donors (Lipinski definition) is 2. The van der Waals surface area contributed by atoms with Gasteiger partial charge in [0.05, 0.1) is 6.61 Å². The minimum Gasteiger partial charge on any atom is -0.480 e. The molecule has 1 amide bonds.